The number of hydrogen-bond acceptors (Lipinski definition) is 6. The topological polar surface area (TPSA) is 118 Å². The zero-order valence-corrected chi connectivity index (χ0v) is 17.9. The molecule has 1 amide bonds. The smallest absolute Gasteiger partial charge is 0.323 e. The second-order valence-electron chi connectivity index (χ2n) is 7.37. The number of unbranched alkanes of at least 4 members (excludes halogenated alkanes) is 1. The van der Waals surface area contributed by atoms with E-state index in [1.807, 2.05) is 6.92 Å². The van der Waals surface area contributed by atoms with Crippen LogP contribution in [0.15, 0.2) is 10.9 Å². The molecule has 0 aliphatic carbocycles. The summed E-state index contributed by atoms with van der Waals surface area (Å²) >= 11 is 5.89. The molecule has 0 radical (unpaired) electrons. The Labute approximate surface area is 176 Å². The first-order valence-electron chi connectivity index (χ1n) is 10.2. The van der Waals surface area contributed by atoms with E-state index in [1.165, 1.54) is 6.07 Å². The number of aromatic amines is 1. The van der Waals surface area contributed by atoms with E-state index in [1.54, 1.807) is 0 Å². The maximum atomic E-state index is 12.3. The van der Waals surface area contributed by atoms with Gasteiger partial charge in [0.2, 0.25) is 0 Å². The lowest BCUT2D eigenvalue weighted by atomic mass is 9.94. The number of carbonyl (C=O) groups excluding carboxylic acids is 2. The van der Waals surface area contributed by atoms with Crippen molar-refractivity contribution >= 4 is 29.3 Å². The van der Waals surface area contributed by atoms with E-state index >= 15 is 0 Å². The molecular weight excluding hydrogens is 396 g/mol. The first kappa shape index (κ1) is 23.2. The van der Waals surface area contributed by atoms with Crippen LogP contribution in [-0.2, 0) is 9.53 Å². The average molecular weight is 427 g/mol. The highest BCUT2D eigenvalue weighted by molar-refractivity contribution is 6.33. The van der Waals surface area contributed by atoms with Gasteiger partial charge in [0.05, 0.1) is 11.6 Å². The average Bonchev–Trinajstić information content (AvgIpc) is 2.70. The summed E-state index contributed by atoms with van der Waals surface area (Å²) in [7, 11) is 0. The van der Waals surface area contributed by atoms with Crippen LogP contribution in [0.2, 0.25) is 5.02 Å². The minimum Gasteiger partial charge on any atom is -0.465 e. The maximum absolute atomic E-state index is 12.3. The number of H-pyrrole nitrogens is 1. The Balaban J connectivity index is 1.87. The summed E-state index contributed by atoms with van der Waals surface area (Å²) in [6.45, 7) is 6.34. The third-order valence-corrected chi connectivity index (χ3v) is 5.61. The third-order valence-electron chi connectivity index (χ3n) is 5.30. The van der Waals surface area contributed by atoms with Gasteiger partial charge in [0.25, 0.3) is 11.5 Å². The lowest BCUT2D eigenvalue weighted by Gasteiger charge is -2.36. The van der Waals surface area contributed by atoms with Crippen LogP contribution in [0.3, 0.4) is 0 Å². The van der Waals surface area contributed by atoms with E-state index in [2.05, 4.69) is 22.1 Å². The molecule has 0 spiro atoms. The molecule has 1 aromatic heterocycles. The molecule has 29 heavy (non-hydrogen) atoms. The summed E-state index contributed by atoms with van der Waals surface area (Å²) in [5, 5.41) is 2.95. The molecule has 162 valence electrons. The normalized spacial score (nSPS) is 16.4. The van der Waals surface area contributed by atoms with Crippen molar-refractivity contribution in [1.29, 1.82) is 0 Å². The second kappa shape index (κ2) is 11.2. The quantitative estimate of drug-likeness (QED) is 0.521. The van der Waals surface area contributed by atoms with Gasteiger partial charge in [-0.15, -0.1) is 0 Å². The summed E-state index contributed by atoms with van der Waals surface area (Å²) in [6, 6.07) is 1.09. The van der Waals surface area contributed by atoms with Crippen molar-refractivity contribution < 1.29 is 14.3 Å². The van der Waals surface area contributed by atoms with Gasteiger partial charge in [-0.1, -0.05) is 31.4 Å². The Bertz CT molecular complexity index is 759. The number of amides is 1. The van der Waals surface area contributed by atoms with Gasteiger partial charge >= 0.3 is 5.97 Å². The summed E-state index contributed by atoms with van der Waals surface area (Å²) in [5.41, 5.74) is 4.92. The SMILES string of the molecule is CCCCC(C(=O)OCC)N1CCC(CNC(=O)c2cc(Cl)c(N)[nH]c2=O)CC1. The summed E-state index contributed by atoms with van der Waals surface area (Å²) in [6.07, 6.45) is 4.55. The van der Waals surface area contributed by atoms with Gasteiger partial charge in [0, 0.05) is 6.54 Å². The Hall–Kier alpha value is -2.06. The summed E-state index contributed by atoms with van der Waals surface area (Å²) < 4.78 is 5.25. The highest BCUT2D eigenvalue weighted by atomic mass is 35.5. The predicted molar refractivity (Wildman–Crippen MR) is 113 cm³/mol. The van der Waals surface area contributed by atoms with Crippen LogP contribution in [0.1, 0.15) is 56.3 Å². The number of nitrogens with two attached hydrogens (primary N) is 1. The number of ether oxygens (including phenoxy) is 1. The number of esters is 1. The number of pyridine rings is 1. The van der Waals surface area contributed by atoms with Gasteiger partial charge in [-0.25, -0.2) is 0 Å². The summed E-state index contributed by atoms with van der Waals surface area (Å²) in [5.74, 6) is -0.289. The van der Waals surface area contributed by atoms with Crippen molar-refractivity contribution in [3.63, 3.8) is 0 Å². The second-order valence-corrected chi connectivity index (χ2v) is 7.78. The molecule has 2 rings (SSSR count). The number of likely N-dealkylation sites (tertiary alicyclic amines) is 1. The first-order chi connectivity index (χ1) is 13.9. The van der Waals surface area contributed by atoms with Crippen LogP contribution >= 0.6 is 11.6 Å². The van der Waals surface area contributed by atoms with Crippen molar-refractivity contribution in [3.05, 3.63) is 27.0 Å². The van der Waals surface area contributed by atoms with E-state index in [0.717, 1.165) is 45.2 Å². The van der Waals surface area contributed by atoms with E-state index < -0.39 is 11.5 Å². The molecule has 4 N–H and O–H groups in total. The molecule has 2 heterocycles. The highest BCUT2D eigenvalue weighted by Gasteiger charge is 2.30. The molecule has 0 saturated carbocycles. The minimum absolute atomic E-state index is 0.0415. The maximum Gasteiger partial charge on any atom is 0.323 e. The van der Waals surface area contributed by atoms with Crippen molar-refractivity contribution in [1.82, 2.24) is 15.2 Å². The van der Waals surface area contributed by atoms with E-state index in [9.17, 15) is 14.4 Å². The summed E-state index contributed by atoms with van der Waals surface area (Å²) in [4.78, 5) is 41.1. The molecule has 1 aliphatic rings. The molecule has 1 unspecified atom stereocenters. The molecule has 1 fully saturated rings. The Morgan fingerprint density at radius 3 is 2.69 bits per heavy atom. The zero-order valence-electron chi connectivity index (χ0n) is 17.1. The van der Waals surface area contributed by atoms with Gasteiger partial charge in [0.1, 0.15) is 17.4 Å². The molecule has 9 heteroatoms. The predicted octanol–water partition coefficient (Wildman–Crippen LogP) is 2.17. The number of aromatic nitrogens is 1. The molecule has 0 aromatic carbocycles. The number of piperidine rings is 1. The lowest BCUT2D eigenvalue weighted by molar-refractivity contribution is -0.150. The van der Waals surface area contributed by atoms with E-state index in [0.29, 0.717) is 13.2 Å². The van der Waals surface area contributed by atoms with Gasteiger partial charge in [-0.05, 0) is 51.3 Å². The molecular formula is C20H31ClN4O4. The fraction of sp³-hybridized carbons (Fsp3) is 0.650. The van der Waals surface area contributed by atoms with Crippen LogP contribution in [0.4, 0.5) is 5.82 Å². The minimum atomic E-state index is -0.563. The monoisotopic (exact) mass is 426 g/mol. The Kier molecular flexibility index (Phi) is 8.98. The van der Waals surface area contributed by atoms with Crippen molar-refractivity contribution in [2.24, 2.45) is 5.92 Å². The molecule has 0 bridgehead atoms. The van der Waals surface area contributed by atoms with E-state index in [4.69, 9.17) is 22.1 Å². The van der Waals surface area contributed by atoms with Gasteiger partial charge in [-0.3, -0.25) is 19.3 Å². The number of nitrogen functional groups attached to an aromatic ring is 1. The number of rotatable bonds is 9. The fourth-order valence-corrected chi connectivity index (χ4v) is 3.73. The third kappa shape index (κ3) is 6.47. The number of anilines is 1. The number of nitrogens with one attached hydrogen (secondary N) is 2. The first-order valence-corrected chi connectivity index (χ1v) is 10.6. The van der Waals surface area contributed by atoms with Crippen LogP contribution in [0.5, 0.6) is 0 Å². The molecule has 8 nitrogen and oxygen atoms in total. The number of hydrogen-bond donors (Lipinski definition) is 3. The van der Waals surface area contributed by atoms with Gasteiger partial charge in [-0.2, -0.15) is 0 Å². The Morgan fingerprint density at radius 1 is 1.38 bits per heavy atom. The lowest BCUT2D eigenvalue weighted by Crippen LogP contribution is -2.47. The number of halogens is 1. The number of carbonyl (C=O) groups is 2. The van der Waals surface area contributed by atoms with Crippen molar-refractivity contribution in [2.45, 2.75) is 52.0 Å². The molecule has 1 saturated heterocycles. The van der Waals surface area contributed by atoms with Crippen molar-refractivity contribution in [2.75, 3.05) is 32.0 Å². The molecule has 1 aliphatic heterocycles. The van der Waals surface area contributed by atoms with Gasteiger partial charge < -0.3 is 20.8 Å². The zero-order chi connectivity index (χ0) is 21.4. The van der Waals surface area contributed by atoms with Crippen LogP contribution in [-0.4, -0.2) is 54.0 Å². The van der Waals surface area contributed by atoms with Crippen molar-refractivity contribution in [3.8, 4) is 0 Å². The molecule has 1 aromatic rings. The fourth-order valence-electron chi connectivity index (χ4n) is 3.57. The highest BCUT2D eigenvalue weighted by Crippen LogP contribution is 2.22. The molecule has 1 atom stereocenters. The standard InChI is InChI=1S/C20H31ClN4O4/c1-3-5-6-16(20(28)29-4-2)25-9-7-13(8-10-25)12-23-18(26)14-11-15(21)17(22)24-19(14)27/h11,13,16H,3-10,12H2,1-2H3,(H,23,26)(H3,22,24,27). The van der Waals surface area contributed by atoms with Crippen LogP contribution in [0.25, 0.3) is 0 Å². The number of nitrogens with zero attached hydrogens (tertiary/aromatic N) is 1. The Morgan fingerprint density at radius 2 is 2.07 bits per heavy atom. The van der Waals surface area contributed by atoms with Gasteiger partial charge in [0.15, 0.2) is 0 Å². The van der Waals surface area contributed by atoms with Crippen LogP contribution < -0.4 is 16.6 Å². The largest absolute Gasteiger partial charge is 0.465 e. The van der Waals surface area contributed by atoms with Crippen LogP contribution in [0, 0.1) is 5.92 Å². The van der Waals surface area contributed by atoms with E-state index in [-0.39, 0.29) is 34.3 Å².